The number of aromatic nitrogens is 1. The number of benzene rings is 4. The third-order valence-electron chi connectivity index (χ3n) is 8.58. The molecule has 3 aromatic heterocycles. The van der Waals surface area contributed by atoms with E-state index in [9.17, 15) is 0 Å². The van der Waals surface area contributed by atoms with Crippen molar-refractivity contribution in [2.75, 3.05) is 0 Å². The molecule has 4 heterocycles. The van der Waals surface area contributed by atoms with Gasteiger partial charge in [-0.1, -0.05) is 108 Å². The van der Waals surface area contributed by atoms with E-state index in [0.717, 1.165) is 37.6 Å². The van der Waals surface area contributed by atoms with E-state index in [-0.39, 0.29) is 27.1 Å². The van der Waals surface area contributed by atoms with Crippen LogP contribution in [0.25, 0.3) is 52.9 Å². The van der Waals surface area contributed by atoms with Crippen molar-refractivity contribution in [1.82, 2.24) is 4.98 Å². The van der Waals surface area contributed by atoms with Crippen molar-refractivity contribution in [3.63, 3.8) is 0 Å². The van der Waals surface area contributed by atoms with E-state index in [1.807, 2.05) is 0 Å². The molecule has 0 bridgehead atoms. The maximum atomic E-state index is 5.52. The minimum Gasteiger partial charge on any atom is -0.720 e. The smallest absolute Gasteiger partial charge is 0.0523 e. The first-order valence-electron chi connectivity index (χ1n) is 14.4. The van der Waals surface area contributed by atoms with E-state index in [0.29, 0.717) is 0 Å². The number of hydrogen-bond donors (Lipinski definition) is 0. The summed E-state index contributed by atoms with van der Waals surface area (Å²) in [6.07, 6.45) is 6.53. The summed E-state index contributed by atoms with van der Waals surface area (Å²) in [7, 11) is 0. The van der Waals surface area contributed by atoms with Gasteiger partial charge in [0.1, 0.15) is 0 Å². The Morgan fingerprint density at radius 2 is 1.23 bits per heavy atom. The molecule has 0 fully saturated rings. The second-order valence-corrected chi connectivity index (χ2v) is 13.0. The number of pyridine rings is 1. The predicted octanol–water partition coefficient (Wildman–Crippen LogP) is 10.4. The van der Waals surface area contributed by atoms with E-state index < -0.39 is 5.41 Å². The van der Waals surface area contributed by atoms with Crippen LogP contribution < -0.4 is 0 Å². The number of thiophene rings is 2. The van der Waals surface area contributed by atoms with Crippen molar-refractivity contribution in [3.8, 4) is 21.7 Å². The van der Waals surface area contributed by atoms with Crippen LogP contribution in [0.5, 0.6) is 0 Å². The molecule has 2 nitrogen and oxygen atoms in total. The van der Waals surface area contributed by atoms with E-state index in [1.165, 1.54) is 31.7 Å². The van der Waals surface area contributed by atoms with Crippen LogP contribution in [0.15, 0.2) is 133 Å². The molecular formula is C39H23N2PtS2-3. The van der Waals surface area contributed by atoms with Crippen LogP contribution in [0, 0.1) is 12.1 Å². The molecule has 214 valence electrons. The Bertz CT molecular complexity index is 2140. The van der Waals surface area contributed by atoms with E-state index in [2.05, 4.69) is 146 Å². The average Bonchev–Trinajstić information content (AvgIpc) is 3.78. The molecule has 7 aromatic rings. The van der Waals surface area contributed by atoms with E-state index in [4.69, 9.17) is 10.3 Å². The molecule has 0 saturated carbocycles. The number of fused-ring (bicyclic) bond motifs is 5. The Morgan fingerprint density at radius 3 is 1.91 bits per heavy atom. The van der Waals surface area contributed by atoms with E-state index in [1.54, 1.807) is 22.7 Å². The van der Waals surface area contributed by atoms with Crippen LogP contribution in [0.1, 0.15) is 21.7 Å². The summed E-state index contributed by atoms with van der Waals surface area (Å²) in [5.41, 5.74) is 7.25. The van der Waals surface area contributed by atoms with Crippen molar-refractivity contribution < 1.29 is 21.1 Å². The van der Waals surface area contributed by atoms with Crippen molar-refractivity contribution in [2.45, 2.75) is 11.5 Å². The zero-order chi connectivity index (χ0) is 28.4. The van der Waals surface area contributed by atoms with Gasteiger partial charge in [-0.05, 0) is 42.6 Å². The molecule has 2 aliphatic rings. The summed E-state index contributed by atoms with van der Waals surface area (Å²) in [5, 5.41) is 7.78. The predicted molar refractivity (Wildman–Crippen MR) is 181 cm³/mol. The maximum absolute atomic E-state index is 5.52. The fourth-order valence-electron chi connectivity index (χ4n) is 6.73. The van der Waals surface area contributed by atoms with Crippen LogP contribution in [0.2, 0.25) is 0 Å². The molecule has 0 N–H and O–H groups in total. The number of nitrogens with zero attached hydrogens (tertiary/aromatic N) is 2. The molecule has 4 aromatic carbocycles. The first-order chi connectivity index (χ1) is 21.3. The van der Waals surface area contributed by atoms with Gasteiger partial charge in [-0.2, -0.15) is 0 Å². The molecule has 1 atom stereocenters. The minimum absolute atomic E-state index is 0. The number of rotatable bonds is 4. The van der Waals surface area contributed by atoms with Gasteiger partial charge >= 0.3 is 0 Å². The second-order valence-electron chi connectivity index (χ2n) is 10.9. The minimum atomic E-state index is -0.605. The Balaban J connectivity index is 0.00000289. The molecule has 0 radical (unpaired) electrons. The van der Waals surface area contributed by atoms with Crippen LogP contribution in [0.4, 0.5) is 0 Å². The Kier molecular flexibility index (Phi) is 6.75. The van der Waals surface area contributed by atoms with Gasteiger partial charge in [-0.3, -0.25) is 4.98 Å². The van der Waals surface area contributed by atoms with Gasteiger partial charge in [0.25, 0.3) is 0 Å². The molecule has 0 amide bonds. The zero-order valence-corrected chi connectivity index (χ0v) is 27.2. The molecule has 1 aliphatic carbocycles. The van der Waals surface area contributed by atoms with Crippen molar-refractivity contribution >= 4 is 48.5 Å². The Morgan fingerprint density at radius 1 is 0.636 bits per heavy atom. The standard InChI is InChI=1S/C39H23N2S2.Pt/c1-7-19-33-25(11-1)23-35(42-33)31-17-9-21-37(40-31)39(29-15-5-3-13-27(29)28-14-4-6-16-30(28)39)38-22-10-18-32(41-38)36-24-26-12-2-8-20-34(26)43-36;/h1-22,37H;/q-3;. The second kappa shape index (κ2) is 10.8. The molecule has 9 rings (SSSR count). The van der Waals surface area contributed by atoms with Gasteiger partial charge in [-0.15, -0.1) is 53.2 Å². The maximum Gasteiger partial charge on any atom is 0.0523 e. The topological polar surface area (TPSA) is 27.0 Å². The van der Waals surface area contributed by atoms with Gasteiger partial charge in [0.05, 0.1) is 5.41 Å². The summed E-state index contributed by atoms with van der Waals surface area (Å²) in [5.74, 6) is 0. The van der Waals surface area contributed by atoms with Crippen molar-refractivity contribution in [1.29, 1.82) is 0 Å². The third-order valence-corrected chi connectivity index (χ3v) is 10.8. The van der Waals surface area contributed by atoms with Gasteiger partial charge < -0.3 is 5.32 Å². The molecule has 44 heavy (non-hydrogen) atoms. The van der Waals surface area contributed by atoms with Crippen LogP contribution >= 0.6 is 22.7 Å². The van der Waals surface area contributed by atoms with Gasteiger partial charge in [0.15, 0.2) is 0 Å². The first kappa shape index (κ1) is 27.5. The molecule has 0 saturated heterocycles. The normalized spacial score (nSPS) is 16.2. The number of allylic oxidation sites excluding steroid dienone is 2. The summed E-state index contributed by atoms with van der Waals surface area (Å²) in [4.78, 5) is 7.57. The molecule has 1 aliphatic heterocycles. The van der Waals surface area contributed by atoms with Crippen molar-refractivity contribution in [2.24, 2.45) is 0 Å². The number of hydrogen-bond acceptors (Lipinski definition) is 3. The van der Waals surface area contributed by atoms with Gasteiger partial charge in [0, 0.05) is 32.5 Å². The van der Waals surface area contributed by atoms with Gasteiger partial charge in [-0.25, -0.2) is 28.4 Å². The summed E-state index contributed by atoms with van der Waals surface area (Å²) in [6.45, 7) is 0. The summed E-state index contributed by atoms with van der Waals surface area (Å²) >= 11 is 3.49. The molecule has 0 spiro atoms. The fraction of sp³-hybridized carbons (Fsp3) is 0.0513. The van der Waals surface area contributed by atoms with Crippen molar-refractivity contribution in [3.05, 3.63) is 173 Å². The third kappa shape index (κ3) is 4.13. The van der Waals surface area contributed by atoms with Crippen LogP contribution in [-0.2, 0) is 26.5 Å². The van der Waals surface area contributed by atoms with Gasteiger partial charge in [0.2, 0.25) is 0 Å². The molecule has 1 unspecified atom stereocenters. The zero-order valence-electron chi connectivity index (χ0n) is 23.3. The molecule has 5 heteroatoms. The molecular weight excluding hydrogens is 756 g/mol. The van der Waals surface area contributed by atoms with Crippen LogP contribution in [-0.4, -0.2) is 11.0 Å². The monoisotopic (exact) mass is 778 g/mol. The quantitative estimate of drug-likeness (QED) is 0.164. The first-order valence-corrected chi connectivity index (χ1v) is 16.0. The van der Waals surface area contributed by atoms with E-state index >= 15 is 0 Å². The largest absolute Gasteiger partial charge is 0.720 e. The van der Waals surface area contributed by atoms with Crippen LogP contribution in [0.3, 0.4) is 0 Å². The summed E-state index contributed by atoms with van der Waals surface area (Å²) < 4.78 is 2.44. The SMILES string of the molecule is [Pt].[c-]1c(C2=CC=CC(C3(c4cccc(-c5[c-]c6ccccc6s5)n4)c4ccccc4-c4ccccc43)[N-]2)sc2ccccc12. The fourth-order valence-corrected chi connectivity index (χ4v) is 8.68. The Hall–Kier alpha value is -4.08. The Labute approximate surface area is 278 Å². The summed E-state index contributed by atoms with van der Waals surface area (Å²) in [6, 6.07) is 47.9. The average molecular weight is 779 g/mol.